The van der Waals surface area contributed by atoms with Crippen molar-refractivity contribution in [3.8, 4) is 0 Å². The van der Waals surface area contributed by atoms with Crippen LogP contribution in [-0.2, 0) is 4.79 Å². The highest BCUT2D eigenvalue weighted by molar-refractivity contribution is 5.91. The molecule has 128 valence electrons. The van der Waals surface area contributed by atoms with Crippen molar-refractivity contribution in [1.82, 2.24) is 5.32 Å². The Bertz CT molecular complexity index is 536. The van der Waals surface area contributed by atoms with E-state index in [1.807, 2.05) is 32.9 Å². The largest absolute Gasteiger partial charge is 0.389 e. The van der Waals surface area contributed by atoms with Crippen LogP contribution in [0, 0.1) is 13.8 Å². The van der Waals surface area contributed by atoms with E-state index in [1.54, 1.807) is 0 Å². The third-order valence-corrected chi connectivity index (χ3v) is 4.71. The second-order valence-electron chi connectivity index (χ2n) is 7.14. The van der Waals surface area contributed by atoms with Gasteiger partial charge in [0.2, 0.25) is 5.91 Å². The van der Waals surface area contributed by atoms with Crippen LogP contribution in [-0.4, -0.2) is 29.2 Å². The molecule has 4 nitrogen and oxygen atoms in total. The van der Waals surface area contributed by atoms with Gasteiger partial charge in [-0.2, -0.15) is 0 Å². The maximum absolute atomic E-state index is 12.2. The Morgan fingerprint density at radius 1 is 1.26 bits per heavy atom. The summed E-state index contributed by atoms with van der Waals surface area (Å²) in [7, 11) is 0. The lowest BCUT2D eigenvalue weighted by Crippen LogP contribution is -2.45. The molecule has 1 aromatic rings. The zero-order valence-electron chi connectivity index (χ0n) is 14.6. The molecule has 1 fully saturated rings. The van der Waals surface area contributed by atoms with Crippen molar-refractivity contribution in [2.24, 2.45) is 0 Å². The van der Waals surface area contributed by atoms with Gasteiger partial charge in [0.1, 0.15) is 0 Å². The van der Waals surface area contributed by atoms with Crippen molar-refractivity contribution in [3.05, 3.63) is 29.3 Å². The molecular formula is C19H30N2O2. The number of hydrogen-bond acceptors (Lipinski definition) is 3. The molecule has 0 saturated heterocycles. The number of anilines is 1. The first kappa shape index (κ1) is 18.0. The van der Waals surface area contributed by atoms with Gasteiger partial charge < -0.3 is 15.7 Å². The van der Waals surface area contributed by atoms with Crippen molar-refractivity contribution in [2.75, 3.05) is 11.9 Å². The fourth-order valence-corrected chi connectivity index (χ4v) is 3.26. The summed E-state index contributed by atoms with van der Waals surface area (Å²) in [5, 5.41) is 16.8. The highest BCUT2D eigenvalue weighted by Crippen LogP contribution is 2.27. The first-order valence-corrected chi connectivity index (χ1v) is 8.71. The van der Waals surface area contributed by atoms with Crippen molar-refractivity contribution in [3.63, 3.8) is 0 Å². The van der Waals surface area contributed by atoms with Gasteiger partial charge in [-0.25, -0.2) is 0 Å². The summed E-state index contributed by atoms with van der Waals surface area (Å²) in [6.07, 6.45) is 5.54. The van der Waals surface area contributed by atoms with Crippen LogP contribution in [0.25, 0.3) is 0 Å². The molecular weight excluding hydrogens is 288 g/mol. The minimum absolute atomic E-state index is 0.00703. The smallest absolute Gasteiger partial charge is 0.225 e. The van der Waals surface area contributed by atoms with Crippen LogP contribution in [0.5, 0.6) is 0 Å². The van der Waals surface area contributed by atoms with E-state index in [4.69, 9.17) is 0 Å². The molecule has 3 N–H and O–H groups in total. The summed E-state index contributed by atoms with van der Waals surface area (Å²) >= 11 is 0. The number of aliphatic hydroxyl groups is 1. The maximum Gasteiger partial charge on any atom is 0.225 e. The molecule has 1 saturated carbocycles. The molecule has 0 aliphatic heterocycles. The molecule has 4 heteroatoms. The third kappa shape index (κ3) is 5.63. The zero-order chi connectivity index (χ0) is 16.9. The van der Waals surface area contributed by atoms with Crippen LogP contribution in [0.15, 0.2) is 18.2 Å². The van der Waals surface area contributed by atoms with Gasteiger partial charge in [0.25, 0.3) is 0 Å². The van der Waals surface area contributed by atoms with E-state index < -0.39 is 5.60 Å². The van der Waals surface area contributed by atoms with Gasteiger partial charge in [0, 0.05) is 24.7 Å². The monoisotopic (exact) mass is 318 g/mol. The molecule has 23 heavy (non-hydrogen) atoms. The van der Waals surface area contributed by atoms with Gasteiger partial charge in [0.05, 0.1) is 5.60 Å². The van der Waals surface area contributed by atoms with Gasteiger partial charge in [-0.1, -0.05) is 37.0 Å². The normalized spacial score (nSPS) is 18.4. The minimum Gasteiger partial charge on any atom is -0.389 e. The number of amides is 1. The molecule has 0 heterocycles. The molecule has 1 unspecified atom stereocenters. The Hall–Kier alpha value is -1.39. The van der Waals surface area contributed by atoms with Crippen molar-refractivity contribution in [1.29, 1.82) is 0 Å². The summed E-state index contributed by atoms with van der Waals surface area (Å²) in [5.41, 5.74) is 2.56. The van der Waals surface area contributed by atoms with Crippen LogP contribution >= 0.6 is 0 Å². The number of rotatable bonds is 6. The van der Waals surface area contributed by atoms with E-state index >= 15 is 0 Å². The number of aryl methyl sites for hydroxylation is 2. The molecule has 1 aliphatic rings. The van der Waals surface area contributed by atoms with Gasteiger partial charge >= 0.3 is 0 Å². The van der Waals surface area contributed by atoms with E-state index in [9.17, 15) is 9.90 Å². The van der Waals surface area contributed by atoms with E-state index in [2.05, 4.69) is 16.7 Å². The Morgan fingerprint density at radius 2 is 1.96 bits per heavy atom. The predicted molar refractivity (Wildman–Crippen MR) is 94.7 cm³/mol. The molecule has 1 amide bonds. The molecule has 0 bridgehead atoms. The minimum atomic E-state index is -0.587. The van der Waals surface area contributed by atoms with E-state index in [0.717, 1.165) is 36.9 Å². The summed E-state index contributed by atoms with van der Waals surface area (Å²) in [6.45, 7) is 6.61. The molecule has 2 rings (SSSR count). The number of carbonyl (C=O) groups is 1. The summed E-state index contributed by atoms with van der Waals surface area (Å²) in [5.74, 6) is 0.00703. The van der Waals surface area contributed by atoms with Gasteiger partial charge in [-0.3, -0.25) is 4.79 Å². The van der Waals surface area contributed by atoms with Crippen LogP contribution in [0.2, 0.25) is 0 Å². The Morgan fingerprint density at radius 3 is 2.61 bits per heavy atom. The number of hydrogen-bond donors (Lipinski definition) is 3. The molecule has 0 radical (unpaired) electrons. The highest BCUT2D eigenvalue weighted by atomic mass is 16.3. The lowest BCUT2D eigenvalue weighted by molar-refractivity contribution is -0.116. The highest BCUT2D eigenvalue weighted by Gasteiger charge is 2.29. The summed E-state index contributed by atoms with van der Waals surface area (Å²) in [4.78, 5) is 12.2. The van der Waals surface area contributed by atoms with Gasteiger partial charge in [-0.05, 0) is 45.2 Å². The topological polar surface area (TPSA) is 61.4 Å². The Kier molecular flexibility index (Phi) is 6.19. The average Bonchev–Trinajstić information content (AvgIpc) is 2.49. The number of benzene rings is 1. The van der Waals surface area contributed by atoms with E-state index in [0.29, 0.717) is 13.0 Å². The van der Waals surface area contributed by atoms with E-state index in [1.165, 1.54) is 12.0 Å². The number of carbonyl (C=O) groups excluding carboxylic acids is 1. The lowest BCUT2D eigenvalue weighted by atomic mass is 9.85. The quantitative estimate of drug-likeness (QED) is 0.754. The zero-order valence-corrected chi connectivity index (χ0v) is 14.6. The summed E-state index contributed by atoms with van der Waals surface area (Å²) < 4.78 is 0. The van der Waals surface area contributed by atoms with Crippen LogP contribution in [0.1, 0.15) is 56.6 Å². The molecule has 1 atom stereocenters. The molecule has 0 spiro atoms. The van der Waals surface area contributed by atoms with Crippen LogP contribution < -0.4 is 10.6 Å². The SMILES string of the molecule is Cc1ccc(NC(=O)CC(C)NCC2(O)CCCCC2)c(C)c1. The van der Waals surface area contributed by atoms with Gasteiger partial charge in [0.15, 0.2) is 0 Å². The fraction of sp³-hybridized carbons (Fsp3) is 0.632. The first-order valence-electron chi connectivity index (χ1n) is 8.71. The number of nitrogens with one attached hydrogen (secondary N) is 2. The Balaban J connectivity index is 1.78. The molecule has 0 aromatic heterocycles. The maximum atomic E-state index is 12.2. The van der Waals surface area contributed by atoms with E-state index in [-0.39, 0.29) is 11.9 Å². The molecule has 1 aromatic carbocycles. The van der Waals surface area contributed by atoms with Crippen molar-refractivity contribution in [2.45, 2.75) is 70.9 Å². The average molecular weight is 318 g/mol. The van der Waals surface area contributed by atoms with Crippen molar-refractivity contribution < 1.29 is 9.90 Å². The predicted octanol–water partition coefficient (Wildman–Crippen LogP) is 3.31. The third-order valence-electron chi connectivity index (χ3n) is 4.71. The van der Waals surface area contributed by atoms with Crippen molar-refractivity contribution >= 4 is 11.6 Å². The Labute approximate surface area is 139 Å². The first-order chi connectivity index (χ1) is 10.9. The standard InChI is InChI=1S/C19H30N2O2/c1-14-7-8-17(15(2)11-14)21-18(22)12-16(3)20-13-19(23)9-5-4-6-10-19/h7-8,11,16,20,23H,4-6,9-10,12-13H2,1-3H3,(H,21,22). The van der Waals surface area contributed by atoms with Gasteiger partial charge in [-0.15, -0.1) is 0 Å². The molecule has 1 aliphatic carbocycles. The second kappa shape index (κ2) is 7.93. The fourth-order valence-electron chi connectivity index (χ4n) is 3.26. The van der Waals surface area contributed by atoms with Crippen LogP contribution in [0.3, 0.4) is 0 Å². The summed E-state index contributed by atoms with van der Waals surface area (Å²) in [6, 6.07) is 6.07. The lowest BCUT2D eigenvalue weighted by Gasteiger charge is -2.33. The second-order valence-corrected chi connectivity index (χ2v) is 7.14. The van der Waals surface area contributed by atoms with Crippen LogP contribution in [0.4, 0.5) is 5.69 Å².